The van der Waals surface area contributed by atoms with Crippen molar-refractivity contribution in [3.8, 4) is 12.1 Å². The van der Waals surface area contributed by atoms with E-state index in [1.54, 1.807) is 0 Å². The van der Waals surface area contributed by atoms with Gasteiger partial charge >= 0.3 is 0 Å². The fourth-order valence-electron chi connectivity index (χ4n) is 5.31. The second kappa shape index (κ2) is 4.50. The van der Waals surface area contributed by atoms with Crippen LogP contribution in [0.2, 0.25) is 0 Å². The first-order valence-electron chi connectivity index (χ1n) is 8.05. The number of nitriles is 2. The maximum absolute atomic E-state index is 10.3. The van der Waals surface area contributed by atoms with Crippen LogP contribution in [0.1, 0.15) is 45.6 Å². The molecule has 0 N–H and O–H groups in total. The standard InChI is InChI=1S/C19H23N3/c1-14-8-7-11-18(14)15-9-5-6-10-16(15)22(4)19(18,13-21)17(2,3)12-20/h5-6,9-10,14H,7-8,11H2,1-4H3/t14-,18+,19-/m0/s1. The molecule has 0 radical (unpaired) electrons. The van der Waals surface area contributed by atoms with E-state index >= 15 is 0 Å². The third kappa shape index (κ3) is 1.35. The highest BCUT2D eigenvalue weighted by molar-refractivity contribution is 5.71. The summed E-state index contributed by atoms with van der Waals surface area (Å²) < 4.78 is 0. The van der Waals surface area contributed by atoms with Crippen LogP contribution < -0.4 is 4.90 Å². The lowest BCUT2D eigenvalue weighted by atomic mass is 9.54. The van der Waals surface area contributed by atoms with Gasteiger partial charge in [0, 0.05) is 18.2 Å². The Kier molecular flexibility index (Phi) is 3.05. The highest BCUT2D eigenvalue weighted by Gasteiger charge is 2.70. The van der Waals surface area contributed by atoms with Crippen molar-refractivity contribution in [3.05, 3.63) is 29.8 Å². The van der Waals surface area contributed by atoms with E-state index < -0.39 is 11.0 Å². The average molecular weight is 293 g/mol. The van der Waals surface area contributed by atoms with Crippen molar-refractivity contribution < 1.29 is 0 Å². The minimum Gasteiger partial charge on any atom is -0.354 e. The number of para-hydroxylation sites is 1. The molecule has 0 saturated heterocycles. The molecule has 0 unspecified atom stereocenters. The van der Waals surface area contributed by atoms with Gasteiger partial charge in [-0.3, -0.25) is 0 Å². The van der Waals surface area contributed by atoms with Gasteiger partial charge in [-0.05, 0) is 44.2 Å². The first-order chi connectivity index (χ1) is 10.4. The van der Waals surface area contributed by atoms with E-state index in [2.05, 4.69) is 42.2 Å². The normalized spacial score (nSPS) is 33.5. The first kappa shape index (κ1) is 14.9. The van der Waals surface area contributed by atoms with Crippen LogP contribution in [-0.2, 0) is 5.41 Å². The average Bonchev–Trinajstić information content (AvgIpc) is 3.00. The van der Waals surface area contributed by atoms with E-state index in [1.165, 1.54) is 5.56 Å². The number of anilines is 1. The van der Waals surface area contributed by atoms with E-state index in [-0.39, 0.29) is 5.41 Å². The van der Waals surface area contributed by atoms with Crippen LogP contribution >= 0.6 is 0 Å². The number of benzene rings is 1. The Morgan fingerprint density at radius 1 is 1.27 bits per heavy atom. The smallest absolute Gasteiger partial charge is 0.155 e. The van der Waals surface area contributed by atoms with Gasteiger partial charge in [0.1, 0.15) is 0 Å². The van der Waals surface area contributed by atoms with Crippen LogP contribution in [0.3, 0.4) is 0 Å². The lowest BCUT2D eigenvalue weighted by Gasteiger charge is -2.51. The van der Waals surface area contributed by atoms with E-state index in [9.17, 15) is 10.5 Å². The number of likely N-dealkylation sites (N-methyl/N-ethyl adjacent to an activating group) is 1. The SMILES string of the molecule is C[C@H]1CCC[C@]12c1ccccc1N(C)[C@@]2(C#N)C(C)(C)C#N. The van der Waals surface area contributed by atoms with Crippen LogP contribution in [0.4, 0.5) is 5.69 Å². The Bertz CT molecular complexity index is 693. The highest BCUT2D eigenvalue weighted by Crippen LogP contribution is 2.65. The molecule has 3 atom stereocenters. The summed E-state index contributed by atoms with van der Waals surface area (Å²) in [6, 6.07) is 13.4. The summed E-state index contributed by atoms with van der Waals surface area (Å²) in [5.74, 6) is 0.394. The Balaban J connectivity index is 2.41. The van der Waals surface area contributed by atoms with Gasteiger partial charge in [0.25, 0.3) is 0 Å². The van der Waals surface area contributed by atoms with Gasteiger partial charge < -0.3 is 4.90 Å². The maximum atomic E-state index is 10.3. The van der Waals surface area contributed by atoms with E-state index in [0.717, 1.165) is 24.9 Å². The molecule has 0 aromatic heterocycles. The first-order valence-corrected chi connectivity index (χ1v) is 8.05. The lowest BCUT2D eigenvalue weighted by molar-refractivity contribution is 0.140. The number of fused-ring (bicyclic) bond motifs is 2. The minimum absolute atomic E-state index is 0.258. The zero-order chi connectivity index (χ0) is 16.2. The quantitative estimate of drug-likeness (QED) is 0.786. The number of hydrogen-bond donors (Lipinski definition) is 0. The van der Waals surface area contributed by atoms with E-state index in [0.29, 0.717) is 5.92 Å². The molecular formula is C19H23N3. The van der Waals surface area contributed by atoms with E-state index in [1.807, 2.05) is 27.0 Å². The highest BCUT2D eigenvalue weighted by atomic mass is 15.2. The van der Waals surface area contributed by atoms with Crippen molar-refractivity contribution >= 4 is 5.69 Å². The molecule has 0 amide bonds. The number of hydrogen-bond acceptors (Lipinski definition) is 3. The van der Waals surface area contributed by atoms with Crippen molar-refractivity contribution in [2.75, 3.05) is 11.9 Å². The maximum Gasteiger partial charge on any atom is 0.155 e. The second-order valence-electron chi connectivity index (χ2n) is 7.40. The Hall–Kier alpha value is -2.00. The molecule has 1 fully saturated rings. The van der Waals surface area contributed by atoms with Gasteiger partial charge in [-0.25, -0.2) is 0 Å². The van der Waals surface area contributed by atoms with Crippen molar-refractivity contribution in [2.24, 2.45) is 11.3 Å². The third-order valence-electron chi connectivity index (χ3n) is 6.29. The molecule has 1 spiro atoms. The zero-order valence-corrected chi connectivity index (χ0v) is 13.8. The molecule has 2 aliphatic rings. The molecule has 1 aliphatic heterocycles. The third-order valence-corrected chi connectivity index (χ3v) is 6.29. The second-order valence-corrected chi connectivity index (χ2v) is 7.40. The van der Waals surface area contributed by atoms with Crippen molar-refractivity contribution in [3.63, 3.8) is 0 Å². The van der Waals surface area contributed by atoms with Gasteiger partial charge in [-0.2, -0.15) is 10.5 Å². The number of rotatable bonds is 1. The molecule has 3 rings (SSSR count). The number of nitrogens with zero attached hydrogens (tertiary/aromatic N) is 3. The summed E-state index contributed by atoms with van der Waals surface area (Å²) in [5, 5.41) is 20.2. The predicted octanol–water partition coefficient (Wildman–Crippen LogP) is 4.01. The summed E-state index contributed by atoms with van der Waals surface area (Å²) in [7, 11) is 1.99. The molecule has 22 heavy (non-hydrogen) atoms. The summed E-state index contributed by atoms with van der Waals surface area (Å²) >= 11 is 0. The summed E-state index contributed by atoms with van der Waals surface area (Å²) in [6.07, 6.45) is 3.22. The summed E-state index contributed by atoms with van der Waals surface area (Å²) in [6.45, 7) is 6.10. The summed E-state index contributed by atoms with van der Waals surface area (Å²) in [4.78, 5) is 2.09. The van der Waals surface area contributed by atoms with Crippen LogP contribution in [0.5, 0.6) is 0 Å². The summed E-state index contributed by atoms with van der Waals surface area (Å²) in [5.41, 5.74) is 0.530. The van der Waals surface area contributed by atoms with Gasteiger partial charge in [-0.1, -0.05) is 31.5 Å². The van der Waals surface area contributed by atoms with Crippen molar-refractivity contribution in [2.45, 2.75) is 51.0 Å². The zero-order valence-electron chi connectivity index (χ0n) is 13.8. The molecule has 1 heterocycles. The Morgan fingerprint density at radius 2 is 1.95 bits per heavy atom. The molecular weight excluding hydrogens is 270 g/mol. The van der Waals surface area contributed by atoms with Crippen LogP contribution in [0.15, 0.2) is 24.3 Å². The van der Waals surface area contributed by atoms with Crippen LogP contribution in [-0.4, -0.2) is 12.6 Å². The molecule has 0 bridgehead atoms. The van der Waals surface area contributed by atoms with Crippen molar-refractivity contribution in [1.82, 2.24) is 0 Å². The molecule has 114 valence electrons. The van der Waals surface area contributed by atoms with E-state index in [4.69, 9.17) is 0 Å². The lowest BCUT2D eigenvalue weighted by Crippen LogP contribution is -2.65. The van der Waals surface area contributed by atoms with Gasteiger partial charge in [-0.15, -0.1) is 0 Å². The van der Waals surface area contributed by atoms with Crippen LogP contribution in [0.25, 0.3) is 0 Å². The van der Waals surface area contributed by atoms with Gasteiger partial charge in [0.2, 0.25) is 0 Å². The Labute approximate surface area is 133 Å². The fourth-order valence-corrected chi connectivity index (χ4v) is 5.31. The molecule has 1 aliphatic carbocycles. The molecule has 3 nitrogen and oxygen atoms in total. The van der Waals surface area contributed by atoms with Crippen molar-refractivity contribution in [1.29, 1.82) is 10.5 Å². The topological polar surface area (TPSA) is 50.8 Å². The molecule has 1 saturated carbocycles. The Morgan fingerprint density at radius 3 is 2.50 bits per heavy atom. The molecule has 1 aromatic rings. The van der Waals surface area contributed by atoms with Gasteiger partial charge in [0.15, 0.2) is 5.54 Å². The minimum atomic E-state index is -0.825. The van der Waals surface area contributed by atoms with Crippen LogP contribution in [0, 0.1) is 34.0 Å². The largest absolute Gasteiger partial charge is 0.354 e. The molecule has 1 aromatic carbocycles. The monoisotopic (exact) mass is 293 g/mol. The molecule has 3 heteroatoms. The predicted molar refractivity (Wildman–Crippen MR) is 87.3 cm³/mol. The van der Waals surface area contributed by atoms with Gasteiger partial charge in [0.05, 0.1) is 17.6 Å². The fraction of sp³-hybridized carbons (Fsp3) is 0.579.